The van der Waals surface area contributed by atoms with Crippen molar-refractivity contribution in [3.05, 3.63) is 42.1 Å². The third-order valence-corrected chi connectivity index (χ3v) is 2.37. The van der Waals surface area contributed by atoms with Crippen LogP contribution in [0.25, 0.3) is 0 Å². The average molecular weight is 258 g/mol. The van der Waals surface area contributed by atoms with Gasteiger partial charge in [-0.1, -0.05) is 0 Å². The van der Waals surface area contributed by atoms with Crippen molar-refractivity contribution in [1.29, 1.82) is 0 Å². The van der Waals surface area contributed by atoms with Crippen LogP contribution >= 0.6 is 0 Å². The molecule has 0 unspecified atom stereocenters. The van der Waals surface area contributed by atoms with E-state index in [2.05, 4.69) is 10.2 Å². The molecule has 6 heteroatoms. The Bertz CT molecular complexity index is 564. The Balaban J connectivity index is 2.10. The Labute approximate surface area is 110 Å². The van der Waals surface area contributed by atoms with E-state index in [1.807, 2.05) is 0 Å². The van der Waals surface area contributed by atoms with Crippen LogP contribution in [0.3, 0.4) is 0 Å². The van der Waals surface area contributed by atoms with Crippen LogP contribution in [0.5, 0.6) is 11.6 Å². The van der Waals surface area contributed by atoms with E-state index < -0.39 is 0 Å². The molecule has 1 heterocycles. The number of rotatable bonds is 3. The van der Waals surface area contributed by atoms with Gasteiger partial charge in [0.1, 0.15) is 5.75 Å². The molecule has 2 rings (SSSR count). The van der Waals surface area contributed by atoms with Gasteiger partial charge in [0.25, 0.3) is 5.91 Å². The van der Waals surface area contributed by atoms with Crippen LogP contribution in [0.2, 0.25) is 0 Å². The maximum atomic E-state index is 11.6. The van der Waals surface area contributed by atoms with Crippen molar-refractivity contribution in [3.63, 3.8) is 0 Å². The molecule has 0 aliphatic carbocycles. The van der Waals surface area contributed by atoms with Gasteiger partial charge < -0.3 is 15.4 Å². The first kappa shape index (κ1) is 12.8. The Morgan fingerprint density at radius 2 is 1.79 bits per heavy atom. The predicted molar refractivity (Wildman–Crippen MR) is 71.0 cm³/mol. The van der Waals surface area contributed by atoms with Crippen molar-refractivity contribution in [2.45, 2.75) is 0 Å². The molecule has 0 fully saturated rings. The molecule has 0 radical (unpaired) electrons. The first-order valence-electron chi connectivity index (χ1n) is 5.65. The van der Waals surface area contributed by atoms with Crippen molar-refractivity contribution in [1.82, 2.24) is 15.1 Å². The summed E-state index contributed by atoms with van der Waals surface area (Å²) in [6.45, 7) is 0. The summed E-state index contributed by atoms with van der Waals surface area (Å²) in [7, 11) is 3.31. The van der Waals surface area contributed by atoms with Crippen molar-refractivity contribution in [2.24, 2.45) is 0 Å². The van der Waals surface area contributed by atoms with Gasteiger partial charge in [-0.05, 0) is 30.3 Å². The van der Waals surface area contributed by atoms with Gasteiger partial charge in [-0.2, -0.15) is 0 Å². The summed E-state index contributed by atoms with van der Waals surface area (Å²) >= 11 is 0. The molecular weight excluding hydrogens is 244 g/mol. The minimum absolute atomic E-state index is 0.202. The molecule has 0 spiro atoms. The van der Waals surface area contributed by atoms with Crippen LogP contribution in [0.15, 0.2) is 36.4 Å². The zero-order valence-electron chi connectivity index (χ0n) is 10.7. The number of nitrogen functional groups attached to an aromatic ring is 1. The standard InChI is InChI=1S/C13H14N4O2/c1-17(2)13(18)11-7-8-12(16-15-11)19-10-5-3-9(14)4-6-10/h3-8H,14H2,1-2H3. The molecule has 19 heavy (non-hydrogen) atoms. The van der Waals surface area contributed by atoms with Crippen LogP contribution in [-0.2, 0) is 0 Å². The van der Waals surface area contributed by atoms with Gasteiger partial charge in [-0.25, -0.2) is 0 Å². The molecule has 2 N–H and O–H groups in total. The van der Waals surface area contributed by atoms with Crippen LogP contribution in [0, 0.1) is 0 Å². The molecule has 0 atom stereocenters. The maximum Gasteiger partial charge on any atom is 0.273 e. The minimum Gasteiger partial charge on any atom is -0.438 e. The van der Waals surface area contributed by atoms with Crippen molar-refractivity contribution in [3.8, 4) is 11.6 Å². The number of ether oxygens (including phenoxy) is 1. The van der Waals surface area contributed by atoms with E-state index in [0.29, 0.717) is 17.3 Å². The minimum atomic E-state index is -0.202. The molecule has 0 aliphatic rings. The number of hydrogen-bond acceptors (Lipinski definition) is 5. The molecule has 1 aromatic heterocycles. The fourth-order valence-electron chi connectivity index (χ4n) is 1.37. The molecular formula is C13H14N4O2. The lowest BCUT2D eigenvalue weighted by Crippen LogP contribution is -2.23. The highest BCUT2D eigenvalue weighted by molar-refractivity contribution is 5.91. The zero-order chi connectivity index (χ0) is 13.8. The smallest absolute Gasteiger partial charge is 0.273 e. The van der Waals surface area contributed by atoms with E-state index in [0.717, 1.165) is 0 Å². The van der Waals surface area contributed by atoms with E-state index in [-0.39, 0.29) is 11.6 Å². The first-order valence-corrected chi connectivity index (χ1v) is 5.65. The fourth-order valence-corrected chi connectivity index (χ4v) is 1.37. The Morgan fingerprint density at radius 3 is 2.32 bits per heavy atom. The summed E-state index contributed by atoms with van der Waals surface area (Å²) in [4.78, 5) is 13.1. The summed E-state index contributed by atoms with van der Waals surface area (Å²) in [6, 6.07) is 10.1. The van der Waals surface area contributed by atoms with Crippen LogP contribution in [0.4, 0.5) is 5.69 Å². The zero-order valence-corrected chi connectivity index (χ0v) is 10.7. The van der Waals surface area contributed by atoms with Crippen LogP contribution in [-0.4, -0.2) is 35.1 Å². The van der Waals surface area contributed by atoms with E-state index >= 15 is 0 Å². The second-order valence-corrected chi connectivity index (χ2v) is 4.13. The summed E-state index contributed by atoms with van der Waals surface area (Å²) in [6.07, 6.45) is 0. The van der Waals surface area contributed by atoms with E-state index in [4.69, 9.17) is 10.5 Å². The molecule has 6 nitrogen and oxygen atoms in total. The molecule has 2 aromatic rings. The van der Waals surface area contributed by atoms with E-state index in [1.165, 1.54) is 4.90 Å². The molecule has 0 bridgehead atoms. The number of hydrogen-bond donors (Lipinski definition) is 1. The number of carbonyl (C=O) groups is 1. The monoisotopic (exact) mass is 258 g/mol. The SMILES string of the molecule is CN(C)C(=O)c1ccc(Oc2ccc(N)cc2)nn1. The van der Waals surface area contributed by atoms with Gasteiger partial charge >= 0.3 is 0 Å². The van der Waals surface area contributed by atoms with Gasteiger partial charge in [-0.3, -0.25) is 4.79 Å². The Hall–Kier alpha value is -2.63. The van der Waals surface area contributed by atoms with Crippen LogP contribution < -0.4 is 10.5 Å². The summed E-state index contributed by atoms with van der Waals surface area (Å²) in [5.41, 5.74) is 6.51. The summed E-state index contributed by atoms with van der Waals surface area (Å²) < 4.78 is 5.47. The maximum absolute atomic E-state index is 11.6. The molecule has 0 saturated carbocycles. The number of nitrogens with zero attached hydrogens (tertiary/aromatic N) is 3. The molecule has 1 aromatic carbocycles. The lowest BCUT2D eigenvalue weighted by Gasteiger charge is -2.09. The third-order valence-electron chi connectivity index (χ3n) is 2.37. The summed E-state index contributed by atoms with van der Waals surface area (Å²) in [5, 5.41) is 7.67. The predicted octanol–water partition coefficient (Wildman–Crippen LogP) is 1.55. The van der Waals surface area contributed by atoms with Gasteiger partial charge in [0, 0.05) is 25.8 Å². The van der Waals surface area contributed by atoms with Crippen molar-refractivity contribution in [2.75, 3.05) is 19.8 Å². The largest absolute Gasteiger partial charge is 0.438 e. The molecule has 0 saturated heterocycles. The topological polar surface area (TPSA) is 81.3 Å². The quantitative estimate of drug-likeness (QED) is 0.845. The average Bonchev–Trinajstić information content (AvgIpc) is 2.41. The van der Waals surface area contributed by atoms with Crippen molar-refractivity contribution >= 4 is 11.6 Å². The first-order chi connectivity index (χ1) is 9.06. The van der Waals surface area contributed by atoms with Crippen LogP contribution in [0.1, 0.15) is 10.5 Å². The van der Waals surface area contributed by atoms with Gasteiger partial charge in [-0.15, -0.1) is 10.2 Å². The van der Waals surface area contributed by atoms with E-state index in [9.17, 15) is 4.79 Å². The Kier molecular flexibility index (Phi) is 3.61. The third kappa shape index (κ3) is 3.19. The Morgan fingerprint density at radius 1 is 1.11 bits per heavy atom. The number of benzene rings is 1. The number of aromatic nitrogens is 2. The molecule has 1 amide bonds. The number of amides is 1. The highest BCUT2D eigenvalue weighted by atomic mass is 16.5. The highest BCUT2D eigenvalue weighted by Gasteiger charge is 2.10. The lowest BCUT2D eigenvalue weighted by molar-refractivity contribution is 0.0820. The molecule has 0 aliphatic heterocycles. The van der Waals surface area contributed by atoms with Gasteiger partial charge in [0.2, 0.25) is 5.88 Å². The van der Waals surface area contributed by atoms with Gasteiger partial charge in [0.15, 0.2) is 5.69 Å². The second kappa shape index (κ2) is 5.34. The summed E-state index contributed by atoms with van der Waals surface area (Å²) in [5.74, 6) is 0.724. The normalized spacial score (nSPS) is 10.0. The fraction of sp³-hybridized carbons (Fsp3) is 0.154. The molecule has 98 valence electrons. The number of anilines is 1. The lowest BCUT2D eigenvalue weighted by atomic mass is 10.3. The van der Waals surface area contributed by atoms with Crippen molar-refractivity contribution < 1.29 is 9.53 Å². The second-order valence-electron chi connectivity index (χ2n) is 4.13. The number of nitrogens with two attached hydrogens (primary N) is 1. The van der Waals surface area contributed by atoms with Gasteiger partial charge in [0.05, 0.1) is 0 Å². The van der Waals surface area contributed by atoms with E-state index in [1.54, 1.807) is 50.5 Å². The highest BCUT2D eigenvalue weighted by Crippen LogP contribution is 2.19. The number of carbonyl (C=O) groups excluding carboxylic acids is 1.